The van der Waals surface area contributed by atoms with E-state index in [-0.39, 0.29) is 18.1 Å². The number of hydrogen-bond acceptors (Lipinski definition) is 4. The summed E-state index contributed by atoms with van der Waals surface area (Å²) in [5, 5.41) is 9.02. The number of hydrogen-bond donors (Lipinski definition) is 1. The number of aliphatic carboxylic acids is 1. The summed E-state index contributed by atoms with van der Waals surface area (Å²) in [6, 6.07) is 9.34. The molecule has 2 aromatic rings. The number of aromatic nitrogens is 1. The number of likely N-dealkylation sites (tertiary alicyclic amines) is 1. The lowest BCUT2D eigenvalue weighted by Gasteiger charge is -2.14. The number of carboxylic acids is 1. The highest BCUT2D eigenvalue weighted by molar-refractivity contribution is 5.94. The van der Waals surface area contributed by atoms with Crippen molar-refractivity contribution in [1.29, 1.82) is 0 Å². The normalized spacial score (nSPS) is 17.7. The van der Waals surface area contributed by atoms with Crippen LogP contribution in [0.1, 0.15) is 22.7 Å². The van der Waals surface area contributed by atoms with E-state index in [1.165, 1.54) is 4.90 Å². The summed E-state index contributed by atoms with van der Waals surface area (Å²) in [6.45, 7) is 2.35. The Hall–Kier alpha value is -2.63. The third kappa shape index (κ3) is 2.59. The fourth-order valence-corrected chi connectivity index (χ4v) is 2.60. The summed E-state index contributed by atoms with van der Waals surface area (Å²) < 4.78 is 5.58. The van der Waals surface area contributed by atoms with E-state index in [1.807, 2.05) is 30.3 Å². The van der Waals surface area contributed by atoms with E-state index in [0.29, 0.717) is 24.6 Å². The zero-order valence-corrected chi connectivity index (χ0v) is 12.2. The van der Waals surface area contributed by atoms with Crippen LogP contribution in [0.5, 0.6) is 0 Å². The van der Waals surface area contributed by atoms with Gasteiger partial charge in [-0.25, -0.2) is 4.98 Å². The van der Waals surface area contributed by atoms with Crippen molar-refractivity contribution >= 4 is 11.9 Å². The molecule has 1 fully saturated rings. The quantitative estimate of drug-likeness (QED) is 0.939. The van der Waals surface area contributed by atoms with Gasteiger partial charge in [-0.3, -0.25) is 9.59 Å². The summed E-state index contributed by atoms with van der Waals surface area (Å²) in [5.41, 5.74) is 1.05. The smallest absolute Gasteiger partial charge is 0.308 e. The molecule has 1 unspecified atom stereocenters. The average Bonchev–Trinajstić information content (AvgIpc) is 3.14. The second-order valence-corrected chi connectivity index (χ2v) is 5.36. The summed E-state index contributed by atoms with van der Waals surface area (Å²) >= 11 is 0. The lowest BCUT2D eigenvalue weighted by molar-refractivity contribution is -0.141. The number of aryl methyl sites for hydroxylation is 1. The molecule has 1 aliphatic rings. The molecule has 0 radical (unpaired) electrons. The van der Waals surface area contributed by atoms with Gasteiger partial charge in [-0.05, 0) is 25.5 Å². The second kappa shape index (κ2) is 5.63. The first-order valence-electron chi connectivity index (χ1n) is 7.11. The van der Waals surface area contributed by atoms with Crippen molar-refractivity contribution in [2.24, 2.45) is 5.92 Å². The van der Waals surface area contributed by atoms with E-state index >= 15 is 0 Å². The lowest BCUT2D eigenvalue weighted by Crippen LogP contribution is -2.30. The zero-order chi connectivity index (χ0) is 15.7. The highest BCUT2D eigenvalue weighted by atomic mass is 16.4. The number of carbonyl (C=O) groups excluding carboxylic acids is 1. The van der Waals surface area contributed by atoms with Gasteiger partial charge < -0.3 is 14.4 Å². The van der Waals surface area contributed by atoms with E-state index in [2.05, 4.69) is 4.98 Å². The summed E-state index contributed by atoms with van der Waals surface area (Å²) in [4.78, 5) is 29.3. The van der Waals surface area contributed by atoms with Crippen molar-refractivity contribution in [3.63, 3.8) is 0 Å². The van der Waals surface area contributed by atoms with Crippen molar-refractivity contribution in [3.05, 3.63) is 41.8 Å². The minimum atomic E-state index is -0.864. The Morgan fingerprint density at radius 3 is 2.68 bits per heavy atom. The summed E-state index contributed by atoms with van der Waals surface area (Å²) in [7, 11) is 0. The van der Waals surface area contributed by atoms with Gasteiger partial charge in [-0.2, -0.15) is 0 Å². The van der Waals surface area contributed by atoms with Crippen molar-refractivity contribution in [2.45, 2.75) is 13.3 Å². The van der Waals surface area contributed by atoms with Crippen LogP contribution < -0.4 is 0 Å². The minimum absolute atomic E-state index is 0.223. The number of oxazole rings is 1. The third-order valence-corrected chi connectivity index (χ3v) is 3.84. The molecule has 0 spiro atoms. The van der Waals surface area contributed by atoms with Crippen LogP contribution in [0, 0.1) is 12.8 Å². The zero-order valence-electron chi connectivity index (χ0n) is 12.2. The minimum Gasteiger partial charge on any atom is -0.481 e. The van der Waals surface area contributed by atoms with E-state index in [1.54, 1.807) is 6.92 Å². The Balaban J connectivity index is 1.82. The van der Waals surface area contributed by atoms with Gasteiger partial charge in [0.25, 0.3) is 5.91 Å². The lowest BCUT2D eigenvalue weighted by atomic mass is 10.1. The molecular weight excluding hydrogens is 284 g/mol. The van der Waals surface area contributed by atoms with E-state index < -0.39 is 11.9 Å². The molecule has 0 bridgehead atoms. The molecule has 22 heavy (non-hydrogen) atoms. The fraction of sp³-hybridized carbons (Fsp3) is 0.312. The van der Waals surface area contributed by atoms with Crippen LogP contribution in [0.15, 0.2) is 34.7 Å². The number of benzene rings is 1. The number of amides is 1. The Morgan fingerprint density at radius 1 is 1.32 bits per heavy atom. The molecule has 1 amide bonds. The van der Waals surface area contributed by atoms with Gasteiger partial charge in [0, 0.05) is 18.7 Å². The van der Waals surface area contributed by atoms with E-state index in [0.717, 1.165) is 5.56 Å². The van der Waals surface area contributed by atoms with Crippen LogP contribution in [0.25, 0.3) is 11.5 Å². The van der Waals surface area contributed by atoms with Crippen LogP contribution in [0.4, 0.5) is 0 Å². The molecule has 6 heteroatoms. The molecule has 1 aromatic carbocycles. The van der Waals surface area contributed by atoms with Crippen molar-refractivity contribution in [2.75, 3.05) is 13.1 Å². The molecule has 0 aliphatic carbocycles. The first kappa shape index (κ1) is 14.3. The topological polar surface area (TPSA) is 83.6 Å². The predicted molar refractivity (Wildman–Crippen MR) is 78.3 cm³/mol. The molecule has 1 aliphatic heterocycles. The van der Waals surface area contributed by atoms with Crippen LogP contribution >= 0.6 is 0 Å². The van der Waals surface area contributed by atoms with Crippen LogP contribution in [0.2, 0.25) is 0 Å². The van der Waals surface area contributed by atoms with Gasteiger partial charge in [-0.1, -0.05) is 18.2 Å². The van der Waals surface area contributed by atoms with Crippen molar-refractivity contribution in [1.82, 2.24) is 9.88 Å². The average molecular weight is 300 g/mol. The Morgan fingerprint density at radius 2 is 2.05 bits per heavy atom. The third-order valence-electron chi connectivity index (χ3n) is 3.84. The Kier molecular flexibility index (Phi) is 3.66. The molecule has 1 saturated heterocycles. The number of rotatable bonds is 3. The first-order valence-corrected chi connectivity index (χ1v) is 7.11. The molecule has 1 N–H and O–H groups in total. The summed E-state index contributed by atoms with van der Waals surface area (Å²) in [5.74, 6) is -0.785. The number of carbonyl (C=O) groups is 2. The number of carboxylic acid groups (broad SMARTS) is 1. The molecule has 6 nitrogen and oxygen atoms in total. The van der Waals surface area contributed by atoms with Crippen LogP contribution in [-0.4, -0.2) is 40.0 Å². The Bertz CT molecular complexity index is 708. The largest absolute Gasteiger partial charge is 0.481 e. The molecule has 3 rings (SSSR count). The van der Waals surface area contributed by atoms with Gasteiger partial charge in [0.1, 0.15) is 5.76 Å². The number of nitrogens with zero attached hydrogens (tertiary/aromatic N) is 2. The fourth-order valence-electron chi connectivity index (χ4n) is 2.60. The molecule has 2 heterocycles. The maximum atomic E-state index is 12.5. The van der Waals surface area contributed by atoms with Crippen LogP contribution in [-0.2, 0) is 4.79 Å². The summed E-state index contributed by atoms with van der Waals surface area (Å²) in [6.07, 6.45) is 0.476. The maximum absolute atomic E-state index is 12.5. The van der Waals surface area contributed by atoms with Crippen LogP contribution in [0.3, 0.4) is 0 Å². The maximum Gasteiger partial charge on any atom is 0.308 e. The molecule has 1 atom stereocenters. The highest BCUT2D eigenvalue weighted by Gasteiger charge is 2.33. The van der Waals surface area contributed by atoms with Gasteiger partial charge in [-0.15, -0.1) is 0 Å². The van der Waals surface area contributed by atoms with E-state index in [9.17, 15) is 9.59 Å². The molecular formula is C16H16N2O4. The molecule has 1 aromatic heterocycles. The van der Waals surface area contributed by atoms with Gasteiger partial charge in [0.05, 0.1) is 5.92 Å². The predicted octanol–water partition coefficient (Wildman–Crippen LogP) is 2.20. The highest BCUT2D eigenvalue weighted by Crippen LogP contribution is 2.24. The molecule has 114 valence electrons. The van der Waals surface area contributed by atoms with Gasteiger partial charge >= 0.3 is 5.97 Å². The van der Waals surface area contributed by atoms with Gasteiger partial charge in [0.2, 0.25) is 5.89 Å². The van der Waals surface area contributed by atoms with Crippen molar-refractivity contribution < 1.29 is 19.1 Å². The van der Waals surface area contributed by atoms with Gasteiger partial charge in [0.15, 0.2) is 5.69 Å². The molecule has 0 saturated carbocycles. The first-order chi connectivity index (χ1) is 10.6. The Labute approximate surface area is 127 Å². The standard InChI is InChI=1S/C16H16N2O4/c1-10-13(15(19)18-8-7-12(9-18)16(20)21)17-14(22-10)11-5-3-2-4-6-11/h2-6,12H,7-9H2,1H3,(H,20,21). The van der Waals surface area contributed by atoms with Crippen molar-refractivity contribution in [3.8, 4) is 11.5 Å². The second-order valence-electron chi connectivity index (χ2n) is 5.36. The monoisotopic (exact) mass is 300 g/mol. The van der Waals surface area contributed by atoms with E-state index in [4.69, 9.17) is 9.52 Å². The SMILES string of the molecule is Cc1oc(-c2ccccc2)nc1C(=O)N1CCC(C(=O)O)C1.